The summed E-state index contributed by atoms with van der Waals surface area (Å²) in [5.74, 6) is -1.33. The number of alkyl halides is 3. The third-order valence-electron chi connectivity index (χ3n) is 4.01. The van der Waals surface area contributed by atoms with Gasteiger partial charge >= 0.3 is 6.18 Å². The molecule has 2 aliphatic rings. The summed E-state index contributed by atoms with van der Waals surface area (Å²) in [4.78, 5) is 13.9. The van der Waals surface area contributed by atoms with E-state index in [9.17, 15) is 18.0 Å². The van der Waals surface area contributed by atoms with Crippen molar-refractivity contribution >= 4 is 5.91 Å². The number of carbonyl (C=O) groups excluding carboxylic acids is 1. The predicted molar refractivity (Wildman–Crippen MR) is 64.1 cm³/mol. The monoisotopic (exact) mass is 279 g/mol. The molecule has 7 heteroatoms. The maximum atomic E-state index is 12.4. The second-order valence-corrected chi connectivity index (χ2v) is 5.48. The number of hydrogen-bond acceptors (Lipinski definition) is 3. The Labute approximate surface area is 110 Å². The minimum atomic E-state index is -4.28. The summed E-state index contributed by atoms with van der Waals surface area (Å²) in [6.45, 7) is 2.76. The maximum absolute atomic E-state index is 12.4. The molecule has 2 saturated heterocycles. The molecular formula is C12H20F3N3O. The molecule has 2 bridgehead atoms. The van der Waals surface area contributed by atoms with Crippen LogP contribution in [-0.2, 0) is 4.79 Å². The molecule has 0 aromatic heterocycles. The van der Waals surface area contributed by atoms with Crippen LogP contribution in [0.3, 0.4) is 0 Å². The van der Waals surface area contributed by atoms with E-state index in [0.29, 0.717) is 13.1 Å². The third kappa shape index (κ3) is 3.20. The Morgan fingerprint density at radius 2 is 1.84 bits per heavy atom. The van der Waals surface area contributed by atoms with Crippen molar-refractivity contribution in [1.29, 1.82) is 0 Å². The van der Waals surface area contributed by atoms with Gasteiger partial charge in [-0.05, 0) is 19.9 Å². The minimum Gasteiger partial charge on any atom is -0.334 e. The van der Waals surface area contributed by atoms with Crippen molar-refractivity contribution in [2.75, 3.05) is 20.1 Å². The summed E-state index contributed by atoms with van der Waals surface area (Å²) >= 11 is 0. The molecule has 0 aliphatic carbocycles. The number of amides is 1. The van der Waals surface area contributed by atoms with Gasteiger partial charge in [0.2, 0.25) is 5.91 Å². The molecule has 2 heterocycles. The van der Waals surface area contributed by atoms with E-state index < -0.39 is 18.5 Å². The number of hydrogen-bond donors (Lipinski definition) is 1. The number of rotatable bonds is 3. The lowest BCUT2D eigenvalue weighted by molar-refractivity contribution is -0.161. The summed E-state index contributed by atoms with van der Waals surface area (Å²) < 4.78 is 37.1. The number of nitrogens with one attached hydrogen (secondary N) is 1. The van der Waals surface area contributed by atoms with Gasteiger partial charge < -0.3 is 4.90 Å². The number of halogens is 3. The Morgan fingerprint density at radius 1 is 1.32 bits per heavy atom. The Morgan fingerprint density at radius 3 is 2.26 bits per heavy atom. The van der Waals surface area contributed by atoms with Crippen LogP contribution < -0.4 is 5.43 Å². The Balaban J connectivity index is 2.01. The molecule has 1 N–H and O–H groups in total. The van der Waals surface area contributed by atoms with Gasteiger partial charge in [-0.2, -0.15) is 13.2 Å². The summed E-state index contributed by atoms with van der Waals surface area (Å²) in [7, 11) is 1.82. The van der Waals surface area contributed by atoms with E-state index in [-0.39, 0.29) is 18.0 Å². The average molecular weight is 279 g/mol. The molecular weight excluding hydrogens is 259 g/mol. The van der Waals surface area contributed by atoms with Crippen LogP contribution in [0.5, 0.6) is 0 Å². The highest BCUT2D eigenvalue weighted by Crippen LogP contribution is 2.33. The highest BCUT2D eigenvalue weighted by Gasteiger charge is 2.45. The van der Waals surface area contributed by atoms with Gasteiger partial charge in [0.25, 0.3) is 0 Å². The Hall–Kier alpha value is -0.820. The van der Waals surface area contributed by atoms with Crippen LogP contribution in [0.15, 0.2) is 0 Å². The van der Waals surface area contributed by atoms with Crippen LogP contribution in [0.2, 0.25) is 0 Å². The van der Waals surface area contributed by atoms with E-state index in [1.165, 1.54) is 6.92 Å². The second kappa shape index (κ2) is 5.28. The summed E-state index contributed by atoms with van der Waals surface area (Å²) in [6, 6.07) is 0.101. The Bertz CT molecular complexity index is 334. The first-order chi connectivity index (χ1) is 8.81. The van der Waals surface area contributed by atoms with E-state index in [0.717, 1.165) is 12.8 Å². The molecule has 3 unspecified atom stereocenters. The van der Waals surface area contributed by atoms with Crippen molar-refractivity contribution in [3.63, 3.8) is 0 Å². The van der Waals surface area contributed by atoms with E-state index >= 15 is 0 Å². The third-order valence-corrected chi connectivity index (χ3v) is 4.01. The topological polar surface area (TPSA) is 35.6 Å². The van der Waals surface area contributed by atoms with Crippen molar-refractivity contribution in [2.45, 2.75) is 44.4 Å². The van der Waals surface area contributed by atoms with Crippen LogP contribution >= 0.6 is 0 Å². The molecule has 4 nitrogen and oxygen atoms in total. The fraction of sp³-hybridized carbons (Fsp3) is 0.917. The lowest BCUT2D eigenvalue weighted by Gasteiger charge is -2.41. The second-order valence-electron chi connectivity index (χ2n) is 5.48. The number of piperazine rings is 1. The highest BCUT2D eigenvalue weighted by molar-refractivity contribution is 5.79. The van der Waals surface area contributed by atoms with Gasteiger partial charge in [-0.25, -0.2) is 5.01 Å². The highest BCUT2D eigenvalue weighted by atomic mass is 19.4. The first-order valence-corrected chi connectivity index (χ1v) is 6.63. The standard InChI is InChI=1S/C12H20F3N3O/c1-8(5-12(13,14)15)11(19)18-9-3-4-10(18)7-17(6-9)16-2/h8-10,16H,3-7H2,1-2H3. The molecule has 3 atom stereocenters. The van der Waals surface area contributed by atoms with E-state index in [1.807, 2.05) is 12.1 Å². The van der Waals surface area contributed by atoms with Crippen LogP contribution in [0.1, 0.15) is 26.2 Å². The van der Waals surface area contributed by atoms with Gasteiger partial charge in [0.1, 0.15) is 0 Å². The van der Waals surface area contributed by atoms with Crippen molar-refractivity contribution in [3.8, 4) is 0 Å². The van der Waals surface area contributed by atoms with Gasteiger partial charge in [-0.3, -0.25) is 10.2 Å². The molecule has 0 spiro atoms. The fourth-order valence-corrected chi connectivity index (χ4v) is 3.13. The van der Waals surface area contributed by atoms with E-state index in [4.69, 9.17) is 0 Å². The molecule has 0 radical (unpaired) electrons. The quantitative estimate of drug-likeness (QED) is 0.848. The summed E-state index contributed by atoms with van der Waals surface area (Å²) in [5, 5.41) is 2.03. The Kier molecular flexibility index (Phi) is 4.06. The summed E-state index contributed by atoms with van der Waals surface area (Å²) in [6.07, 6.45) is -3.54. The minimum absolute atomic E-state index is 0.0504. The largest absolute Gasteiger partial charge is 0.389 e. The van der Waals surface area contributed by atoms with Gasteiger partial charge in [0, 0.05) is 31.1 Å². The smallest absolute Gasteiger partial charge is 0.334 e. The van der Waals surface area contributed by atoms with Crippen LogP contribution in [0.25, 0.3) is 0 Å². The normalized spacial score (nSPS) is 29.6. The molecule has 0 aromatic rings. The number of fused-ring (bicyclic) bond motifs is 2. The van der Waals surface area contributed by atoms with Gasteiger partial charge in [0.15, 0.2) is 0 Å². The number of nitrogens with zero attached hydrogens (tertiary/aromatic N) is 2. The van der Waals surface area contributed by atoms with Gasteiger partial charge in [-0.15, -0.1) is 0 Å². The molecule has 1 amide bonds. The number of hydrazine groups is 1. The molecule has 0 saturated carbocycles. The molecule has 2 fully saturated rings. The van der Waals surface area contributed by atoms with E-state index in [1.54, 1.807) is 4.90 Å². The maximum Gasteiger partial charge on any atom is 0.389 e. The lowest BCUT2D eigenvalue weighted by Crippen LogP contribution is -2.59. The molecule has 110 valence electrons. The van der Waals surface area contributed by atoms with Crippen molar-refractivity contribution in [3.05, 3.63) is 0 Å². The molecule has 0 aromatic carbocycles. The van der Waals surface area contributed by atoms with Crippen molar-refractivity contribution < 1.29 is 18.0 Å². The molecule has 2 aliphatic heterocycles. The van der Waals surface area contributed by atoms with Crippen LogP contribution in [-0.4, -0.2) is 54.2 Å². The zero-order valence-electron chi connectivity index (χ0n) is 11.2. The van der Waals surface area contributed by atoms with Crippen LogP contribution in [0, 0.1) is 5.92 Å². The summed E-state index contributed by atoms with van der Waals surface area (Å²) in [5.41, 5.74) is 3.05. The zero-order chi connectivity index (χ0) is 14.2. The number of carbonyl (C=O) groups is 1. The zero-order valence-corrected chi connectivity index (χ0v) is 11.2. The SMILES string of the molecule is CNN1CC2CCC(C1)N2C(=O)C(C)CC(F)(F)F. The first-order valence-electron chi connectivity index (χ1n) is 6.63. The van der Waals surface area contributed by atoms with Crippen molar-refractivity contribution in [1.82, 2.24) is 15.3 Å². The fourth-order valence-electron chi connectivity index (χ4n) is 3.13. The van der Waals surface area contributed by atoms with Gasteiger partial charge in [0.05, 0.1) is 6.42 Å². The average Bonchev–Trinajstić information content (AvgIpc) is 2.56. The molecule has 19 heavy (non-hydrogen) atoms. The van der Waals surface area contributed by atoms with Crippen molar-refractivity contribution in [2.24, 2.45) is 5.92 Å². The predicted octanol–water partition coefficient (Wildman–Crippen LogP) is 1.38. The molecule has 2 rings (SSSR count). The first kappa shape index (κ1) is 14.6. The van der Waals surface area contributed by atoms with E-state index in [2.05, 4.69) is 5.43 Å². The van der Waals surface area contributed by atoms with Crippen LogP contribution in [0.4, 0.5) is 13.2 Å². The van der Waals surface area contributed by atoms with Gasteiger partial charge in [-0.1, -0.05) is 6.92 Å². The lowest BCUT2D eigenvalue weighted by atomic mass is 10.0.